The Bertz CT molecular complexity index is 1230. The zero-order chi connectivity index (χ0) is 21.5. The Kier molecular flexibility index (Phi) is 4.58. The maximum absolute atomic E-state index is 13.8. The Labute approximate surface area is 176 Å². The third-order valence-electron chi connectivity index (χ3n) is 5.08. The number of Topliss-reactive ketones (excluding diaryl/α,β-unsaturated/α-hetero) is 1. The van der Waals surface area contributed by atoms with Crippen LogP contribution >= 0.6 is 0 Å². The molecule has 0 saturated carbocycles. The fourth-order valence-electron chi connectivity index (χ4n) is 3.54. The van der Waals surface area contributed by atoms with Crippen LogP contribution < -0.4 is 18.9 Å². The molecule has 2 heterocycles. The van der Waals surface area contributed by atoms with Crippen LogP contribution in [0, 0.1) is 18.6 Å². The van der Waals surface area contributed by atoms with Gasteiger partial charge in [0.05, 0.1) is 11.1 Å². The number of aryl methyl sites for hydroxylation is 1. The summed E-state index contributed by atoms with van der Waals surface area (Å²) in [4.78, 5) is 12.8. The van der Waals surface area contributed by atoms with E-state index in [1.165, 1.54) is 18.2 Å². The Morgan fingerprint density at radius 3 is 2.58 bits per heavy atom. The molecule has 0 aromatic heterocycles. The molecule has 0 spiro atoms. The van der Waals surface area contributed by atoms with Crippen molar-refractivity contribution in [2.24, 2.45) is 0 Å². The second-order valence-electron chi connectivity index (χ2n) is 7.15. The van der Waals surface area contributed by atoms with E-state index >= 15 is 0 Å². The molecule has 5 rings (SSSR count). The number of halogens is 2. The number of allylic oxidation sites excluding steroid dienone is 1. The lowest BCUT2D eigenvalue weighted by molar-refractivity contribution is 0.101. The van der Waals surface area contributed by atoms with Gasteiger partial charge in [-0.15, -0.1) is 0 Å². The van der Waals surface area contributed by atoms with E-state index in [9.17, 15) is 13.6 Å². The number of hydrogen-bond donors (Lipinski definition) is 0. The van der Waals surface area contributed by atoms with Gasteiger partial charge in [0, 0.05) is 6.07 Å². The average Bonchev–Trinajstić information content (AvgIpc) is 3.32. The van der Waals surface area contributed by atoms with Crippen LogP contribution in [0.25, 0.3) is 6.08 Å². The summed E-state index contributed by atoms with van der Waals surface area (Å²) in [6, 6.07) is 12.1. The molecule has 0 radical (unpaired) electrons. The summed E-state index contributed by atoms with van der Waals surface area (Å²) < 4.78 is 49.7. The highest BCUT2D eigenvalue weighted by Crippen LogP contribution is 2.39. The quantitative estimate of drug-likeness (QED) is 0.541. The zero-order valence-electron chi connectivity index (χ0n) is 16.4. The van der Waals surface area contributed by atoms with Gasteiger partial charge in [-0.1, -0.05) is 12.1 Å². The smallest absolute Gasteiger partial charge is 0.232 e. The van der Waals surface area contributed by atoms with Crippen molar-refractivity contribution in [3.63, 3.8) is 0 Å². The van der Waals surface area contributed by atoms with Gasteiger partial charge in [0.25, 0.3) is 0 Å². The third kappa shape index (κ3) is 3.48. The minimum atomic E-state index is -0.682. The molecule has 2 aliphatic rings. The fourth-order valence-corrected chi connectivity index (χ4v) is 3.54. The van der Waals surface area contributed by atoms with E-state index in [1.54, 1.807) is 43.3 Å². The highest BCUT2D eigenvalue weighted by atomic mass is 19.1. The van der Waals surface area contributed by atoms with Crippen molar-refractivity contribution in [1.82, 2.24) is 0 Å². The first-order valence-corrected chi connectivity index (χ1v) is 9.54. The lowest BCUT2D eigenvalue weighted by Gasteiger charge is -2.10. The highest BCUT2D eigenvalue weighted by Gasteiger charge is 2.30. The zero-order valence-corrected chi connectivity index (χ0v) is 16.4. The number of ether oxygens (including phenoxy) is 4. The van der Waals surface area contributed by atoms with Gasteiger partial charge in [0.15, 0.2) is 17.3 Å². The van der Waals surface area contributed by atoms with E-state index < -0.39 is 11.6 Å². The van der Waals surface area contributed by atoms with Gasteiger partial charge in [0.1, 0.15) is 29.7 Å². The molecule has 7 heteroatoms. The SMILES string of the molecule is Cc1cc(OCc2c(F)cccc2F)cc2c1C(=O)/C(=C/c1ccc3c(c1)OCO3)O2. The average molecular weight is 422 g/mol. The van der Waals surface area contributed by atoms with Crippen molar-refractivity contribution >= 4 is 11.9 Å². The van der Waals surface area contributed by atoms with Gasteiger partial charge in [-0.2, -0.15) is 0 Å². The Balaban J connectivity index is 1.39. The molecule has 0 unspecified atom stereocenters. The van der Waals surface area contributed by atoms with Gasteiger partial charge in [-0.25, -0.2) is 8.78 Å². The highest BCUT2D eigenvalue weighted by molar-refractivity contribution is 6.15. The lowest BCUT2D eigenvalue weighted by Crippen LogP contribution is -2.02. The second kappa shape index (κ2) is 7.43. The number of carbonyl (C=O) groups excluding carboxylic acids is 1. The van der Waals surface area contributed by atoms with E-state index in [1.807, 2.05) is 0 Å². The first-order valence-electron chi connectivity index (χ1n) is 9.54. The minimum absolute atomic E-state index is 0.161. The van der Waals surface area contributed by atoms with Gasteiger partial charge in [-0.05, 0) is 54.5 Å². The van der Waals surface area contributed by atoms with Crippen LogP contribution in [-0.2, 0) is 6.61 Å². The Morgan fingerprint density at radius 1 is 1.00 bits per heavy atom. The van der Waals surface area contributed by atoms with Gasteiger partial charge >= 0.3 is 0 Å². The molecule has 0 fully saturated rings. The molecule has 0 bridgehead atoms. The molecule has 156 valence electrons. The van der Waals surface area contributed by atoms with Crippen molar-refractivity contribution in [2.45, 2.75) is 13.5 Å². The molecular formula is C24H16F2O5. The molecule has 0 aliphatic carbocycles. The van der Waals surface area contributed by atoms with Crippen molar-refractivity contribution < 1.29 is 32.5 Å². The molecule has 0 atom stereocenters. The van der Waals surface area contributed by atoms with E-state index in [2.05, 4.69) is 0 Å². The van der Waals surface area contributed by atoms with Crippen LogP contribution in [-0.4, -0.2) is 12.6 Å². The summed E-state index contributed by atoms with van der Waals surface area (Å²) in [6.45, 7) is 1.62. The largest absolute Gasteiger partial charge is 0.489 e. The number of fused-ring (bicyclic) bond motifs is 2. The number of ketones is 1. The number of benzene rings is 3. The summed E-state index contributed by atoms with van der Waals surface area (Å²) >= 11 is 0. The van der Waals surface area contributed by atoms with Gasteiger partial charge in [0.2, 0.25) is 12.6 Å². The second-order valence-corrected chi connectivity index (χ2v) is 7.15. The normalized spacial score (nSPS) is 15.2. The van der Waals surface area contributed by atoms with E-state index in [0.29, 0.717) is 34.1 Å². The van der Waals surface area contributed by atoms with Crippen LogP contribution in [0.4, 0.5) is 8.78 Å². The standard InChI is InChI=1S/C24H16F2O5/c1-13-7-15(28-11-16-17(25)3-2-4-18(16)26)10-21-23(13)24(27)22(31-21)9-14-5-6-19-20(8-14)30-12-29-19/h2-10H,11-12H2,1H3/b22-9-. The number of rotatable bonds is 4. The van der Waals surface area contributed by atoms with Gasteiger partial charge in [-0.3, -0.25) is 4.79 Å². The molecule has 3 aromatic carbocycles. The van der Waals surface area contributed by atoms with Gasteiger partial charge < -0.3 is 18.9 Å². The summed E-state index contributed by atoms with van der Waals surface area (Å²) in [5, 5.41) is 0. The topological polar surface area (TPSA) is 54.0 Å². The van der Waals surface area contributed by atoms with Crippen LogP contribution in [0.3, 0.4) is 0 Å². The van der Waals surface area contributed by atoms with Crippen LogP contribution in [0.15, 0.2) is 54.3 Å². The third-order valence-corrected chi connectivity index (χ3v) is 5.08. The lowest BCUT2D eigenvalue weighted by atomic mass is 10.0. The molecule has 0 N–H and O–H groups in total. The summed E-state index contributed by atoms with van der Waals surface area (Å²) in [5.74, 6) is 0.470. The number of hydrogen-bond acceptors (Lipinski definition) is 5. The molecule has 3 aromatic rings. The maximum atomic E-state index is 13.8. The molecule has 31 heavy (non-hydrogen) atoms. The van der Waals surface area contributed by atoms with E-state index in [4.69, 9.17) is 18.9 Å². The van der Waals surface area contributed by atoms with E-state index in [0.717, 1.165) is 5.56 Å². The van der Waals surface area contributed by atoms with E-state index in [-0.39, 0.29) is 30.5 Å². The first-order chi connectivity index (χ1) is 15.0. The van der Waals surface area contributed by atoms with Crippen molar-refractivity contribution in [2.75, 3.05) is 6.79 Å². The van der Waals surface area contributed by atoms with Crippen LogP contribution in [0.2, 0.25) is 0 Å². The monoisotopic (exact) mass is 422 g/mol. The molecular weight excluding hydrogens is 406 g/mol. The minimum Gasteiger partial charge on any atom is -0.489 e. The van der Waals surface area contributed by atoms with Crippen LogP contribution in [0.1, 0.15) is 27.0 Å². The predicted octanol–water partition coefficient (Wildman–Crippen LogP) is 5.20. The molecule has 0 saturated heterocycles. The Hall–Kier alpha value is -3.87. The molecule has 2 aliphatic heterocycles. The first kappa shape index (κ1) is 19.1. The predicted molar refractivity (Wildman–Crippen MR) is 107 cm³/mol. The van der Waals surface area contributed by atoms with Crippen molar-refractivity contribution in [3.05, 3.63) is 88.2 Å². The van der Waals surface area contributed by atoms with Crippen LogP contribution in [0.5, 0.6) is 23.0 Å². The summed E-state index contributed by atoms with van der Waals surface area (Å²) in [6.07, 6.45) is 1.62. The van der Waals surface area contributed by atoms with Crippen molar-refractivity contribution in [3.8, 4) is 23.0 Å². The summed E-state index contributed by atoms with van der Waals surface area (Å²) in [7, 11) is 0. The molecule has 5 nitrogen and oxygen atoms in total. The summed E-state index contributed by atoms with van der Waals surface area (Å²) in [5.41, 5.74) is 1.63. The maximum Gasteiger partial charge on any atom is 0.232 e. The Morgan fingerprint density at radius 2 is 1.77 bits per heavy atom. The van der Waals surface area contributed by atoms with Crippen molar-refractivity contribution in [1.29, 1.82) is 0 Å². The fraction of sp³-hybridized carbons (Fsp3) is 0.125. The molecule has 0 amide bonds. The number of carbonyl (C=O) groups is 1.